The summed E-state index contributed by atoms with van der Waals surface area (Å²) in [7, 11) is 0. The third-order valence-corrected chi connectivity index (χ3v) is 4.62. The molecule has 5 heteroatoms. The van der Waals surface area contributed by atoms with Gasteiger partial charge in [0.2, 0.25) is 0 Å². The fraction of sp³-hybridized carbons (Fsp3) is 0.368. The van der Waals surface area contributed by atoms with Crippen LogP contribution >= 0.6 is 23.2 Å². The summed E-state index contributed by atoms with van der Waals surface area (Å²) in [5.74, 6) is 0.831. The topological polar surface area (TPSA) is 30.5 Å². The van der Waals surface area contributed by atoms with E-state index in [1.807, 2.05) is 30.3 Å². The minimum absolute atomic E-state index is 0.358. The van der Waals surface area contributed by atoms with E-state index >= 15 is 0 Å². The molecule has 1 unspecified atom stereocenters. The Labute approximate surface area is 152 Å². The minimum Gasteiger partial charge on any atom is -0.489 e. The van der Waals surface area contributed by atoms with E-state index in [-0.39, 0.29) is 0 Å². The number of rotatable bonds is 7. The van der Waals surface area contributed by atoms with Crippen LogP contribution in [0.1, 0.15) is 24.0 Å². The summed E-state index contributed by atoms with van der Waals surface area (Å²) in [6.45, 7) is 3.01. The van der Waals surface area contributed by atoms with E-state index in [0.717, 1.165) is 37.4 Å². The zero-order chi connectivity index (χ0) is 16.8. The first kappa shape index (κ1) is 17.6. The number of halogens is 2. The van der Waals surface area contributed by atoms with Gasteiger partial charge in [0.15, 0.2) is 0 Å². The molecule has 0 aliphatic carbocycles. The predicted molar refractivity (Wildman–Crippen MR) is 97.9 cm³/mol. The lowest BCUT2D eigenvalue weighted by Crippen LogP contribution is -2.25. The average molecular weight is 366 g/mol. The molecule has 3 rings (SSSR count). The maximum absolute atomic E-state index is 6.17. The summed E-state index contributed by atoms with van der Waals surface area (Å²) in [6.07, 6.45) is 2.68. The first-order valence-electron chi connectivity index (χ1n) is 8.19. The molecule has 1 aliphatic rings. The van der Waals surface area contributed by atoms with Crippen LogP contribution in [-0.4, -0.2) is 19.3 Å². The molecule has 0 spiro atoms. The van der Waals surface area contributed by atoms with Crippen LogP contribution in [0.2, 0.25) is 10.0 Å². The van der Waals surface area contributed by atoms with Gasteiger partial charge in [0.25, 0.3) is 0 Å². The van der Waals surface area contributed by atoms with Gasteiger partial charge < -0.3 is 14.8 Å². The third-order valence-electron chi connectivity index (χ3n) is 4.03. The van der Waals surface area contributed by atoms with Gasteiger partial charge in [-0.15, -0.1) is 0 Å². The van der Waals surface area contributed by atoms with Gasteiger partial charge in [-0.25, -0.2) is 0 Å². The molecule has 0 bridgehead atoms. The highest BCUT2D eigenvalue weighted by molar-refractivity contribution is 6.35. The highest BCUT2D eigenvalue weighted by Gasteiger charge is 2.14. The van der Waals surface area contributed by atoms with Crippen LogP contribution in [-0.2, 0) is 17.9 Å². The van der Waals surface area contributed by atoms with Gasteiger partial charge in [-0.2, -0.15) is 0 Å². The van der Waals surface area contributed by atoms with Crippen molar-refractivity contribution in [3.63, 3.8) is 0 Å². The van der Waals surface area contributed by atoms with E-state index in [4.69, 9.17) is 32.7 Å². The molecule has 0 aromatic heterocycles. The van der Waals surface area contributed by atoms with Crippen molar-refractivity contribution in [3.05, 3.63) is 63.6 Å². The Morgan fingerprint density at radius 2 is 2.08 bits per heavy atom. The molecule has 1 saturated heterocycles. The standard InChI is InChI=1S/C19H21Cl2NO2/c20-16-7-6-15(19(21)10-16)13-24-17-4-1-3-14(9-17)11-22-12-18-5-2-8-23-18/h1,3-4,6-7,9-10,18,22H,2,5,8,11-13H2. The second-order valence-electron chi connectivity index (χ2n) is 5.94. The van der Waals surface area contributed by atoms with Gasteiger partial charge >= 0.3 is 0 Å². The number of hydrogen-bond donors (Lipinski definition) is 1. The molecule has 24 heavy (non-hydrogen) atoms. The lowest BCUT2D eigenvalue weighted by molar-refractivity contribution is 0.110. The van der Waals surface area contributed by atoms with Crippen molar-refractivity contribution in [1.82, 2.24) is 5.32 Å². The van der Waals surface area contributed by atoms with Crippen LogP contribution in [0.15, 0.2) is 42.5 Å². The molecule has 2 aromatic carbocycles. The first-order valence-corrected chi connectivity index (χ1v) is 8.94. The van der Waals surface area contributed by atoms with Crippen LogP contribution < -0.4 is 10.1 Å². The monoisotopic (exact) mass is 365 g/mol. The smallest absolute Gasteiger partial charge is 0.120 e. The fourth-order valence-electron chi connectivity index (χ4n) is 2.73. The van der Waals surface area contributed by atoms with Crippen molar-refractivity contribution in [1.29, 1.82) is 0 Å². The molecule has 2 aromatic rings. The Morgan fingerprint density at radius 3 is 2.88 bits per heavy atom. The molecule has 1 heterocycles. The third kappa shape index (κ3) is 5.12. The maximum Gasteiger partial charge on any atom is 0.120 e. The fourth-order valence-corrected chi connectivity index (χ4v) is 3.19. The van der Waals surface area contributed by atoms with Crippen LogP contribution in [0.5, 0.6) is 5.75 Å². The molecular formula is C19H21Cl2NO2. The Bertz CT molecular complexity index is 672. The van der Waals surface area contributed by atoms with Crippen molar-refractivity contribution >= 4 is 23.2 Å². The predicted octanol–water partition coefficient (Wildman–Crippen LogP) is 4.84. The SMILES string of the molecule is Clc1ccc(COc2cccc(CNCC3CCCO3)c2)c(Cl)c1. The second-order valence-corrected chi connectivity index (χ2v) is 6.78. The van der Waals surface area contributed by atoms with Crippen LogP contribution in [0, 0.1) is 0 Å². The second kappa shape index (κ2) is 8.72. The number of ether oxygens (including phenoxy) is 2. The first-order chi connectivity index (χ1) is 11.7. The maximum atomic E-state index is 6.17. The van der Waals surface area contributed by atoms with E-state index in [1.165, 1.54) is 12.0 Å². The summed E-state index contributed by atoms with van der Waals surface area (Å²) in [5, 5.41) is 4.69. The van der Waals surface area contributed by atoms with Gasteiger partial charge in [0.1, 0.15) is 12.4 Å². The van der Waals surface area contributed by atoms with Crippen molar-refractivity contribution in [2.75, 3.05) is 13.2 Å². The normalized spacial score (nSPS) is 17.2. The van der Waals surface area contributed by atoms with E-state index in [1.54, 1.807) is 6.07 Å². The van der Waals surface area contributed by atoms with Crippen LogP contribution in [0.4, 0.5) is 0 Å². The van der Waals surface area contributed by atoms with E-state index < -0.39 is 0 Å². The van der Waals surface area contributed by atoms with Gasteiger partial charge in [0.05, 0.1) is 6.10 Å². The Balaban J connectivity index is 1.50. The lowest BCUT2D eigenvalue weighted by atomic mass is 10.2. The Morgan fingerprint density at radius 1 is 1.17 bits per heavy atom. The van der Waals surface area contributed by atoms with Crippen molar-refractivity contribution < 1.29 is 9.47 Å². The highest BCUT2D eigenvalue weighted by Crippen LogP contribution is 2.23. The number of benzene rings is 2. The largest absolute Gasteiger partial charge is 0.489 e. The average Bonchev–Trinajstić information content (AvgIpc) is 3.08. The van der Waals surface area contributed by atoms with E-state index in [2.05, 4.69) is 11.4 Å². The Hall–Kier alpha value is -1.26. The molecule has 0 saturated carbocycles. The molecule has 0 radical (unpaired) electrons. The minimum atomic E-state index is 0.358. The van der Waals surface area contributed by atoms with Crippen molar-refractivity contribution in [3.8, 4) is 5.75 Å². The summed E-state index contributed by atoms with van der Waals surface area (Å²) in [5.41, 5.74) is 2.11. The van der Waals surface area contributed by atoms with Gasteiger partial charge in [-0.3, -0.25) is 0 Å². The van der Waals surface area contributed by atoms with Crippen LogP contribution in [0.25, 0.3) is 0 Å². The summed E-state index contributed by atoms with van der Waals surface area (Å²) in [4.78, 5) is 0. The summed E-state index contributed by atoms with van der Waals surface area (Å²) < 4.78 is 11.5. The van der Waals surface area contributed by atoms with E-state index in [0.29, 0.717) is 22.8 Å². The molecular weight excluding hydrogens is 345 g/mol. The summed E-state index contributed by atoms with van der Waals surface area (Å²) >= 11 is 12.1. The molecule has 1 atom stereocenters. The zero-order valence-corrected chi connectivity index (χ0v) is 14.9. The van der Waals surface area contributed by atoms with E-state index in [9.17, 15) is 0 Å². The van der Waals surface area contributed by atoms with Crippen molar-refractivity contribution in [2.24, 2.45) is 0 Å². The zero-order valence-electron chi connectivity index (χ0n) is 13.4. The van der Waals surface area contributed by atoms with Crippen LogP contribution in [0.3, 0.4) is 0 Å². The number of hydrogen-bond acceptors (Lipinski definition) is 3. The molecule has 1 N–H and O–H groups in total. The van der Waals surface area contributed by atoms with Crippen molar-refractivity contribution in [2.45, 2.75) is 32.1 Å². The van der Waals surface area contributed by atoms with Gasteiger partial charge in [-0.05, 0) is 42.7 Å². The van der Waals surface area contributed by atoms with Gasteiger partial charge in [0, 0.05) is 35.3 Å². The molecule has 1 aliphatic heterocycles. The van der Waals surface area contributed by atoms with Gasteiger partial charge in [-0.1, -0.05) is 41.4 Å². The molecule has 1 fully saturated rings. The summed E-state index contributed by atoms with van der Waals surface area (Å²) in [6, 6.07) is 13.5. The molecule has 128 valence electrons. The lowest BCUT2D eigenvalue weighted by Gasteiger charge is -2.12. The molecule has 3 nitrogen and oxygen atoms in total. The quantitative estimate of drug-likeness (QED) is 0.761. The Kier molecular flexibility index (Phi) is 6.38. The number of nitrogens with one attached hydrogen (secondary N) is 1. The molecule has 0 amide bonds. The highest BCUT2D eigenvalue weighted by atomic mass is 35.5.